The molecule has 0 bridgehead atoms. The highest BCUT2D eigenvalue weighted by Crippen LogP contribution is 2.27. The standard InChI is InChI=1S/C11H14BrNO2/c1-3-4-11(14)13-8-5-6-9(12)10(7-8)15-2/h5-7H,3-4H2,1-2H3,(H,13,14). The van der Waals surface area contributed by atoms with Crippen molar-refractivity contribution in [1.29, 1.82) is 0 Å². The lowest BCUT2D eigenvalue weighted by molar-refractivity contribution is -0.116. The van der Waals surface area contributed by atoms with Crippen LogP contribution in [0, 0.1) is 0 Å². The van der Waals surface area contributed by atoms with Crippen molar-refractivity contribution in [2.75, 3.05) is 12.4 Å². The van der Waals surface area contributed by atoms with Crippen LogP contribution in [0.4, 0.5) is 5.69 Å². The van der Waals surface area contributed by atoms with Gasteiger partial charge in [-0.25, -0.2) is 0 Å². The molecule has 0 unspecified atom stereocenters. The van der Waals surface area contributed by atoms with Gasteiger partial charge in [0.05, 0.1) is 11.6 Å². The monoisotopic (exact) mass is 271 g/mol. The molecule has 0 aliphatic heterocycles. The lowest BCUT2D eigenvalue weighted by atomic mass is 10.2. The number of carbonyl (C=O) groups is 1. The first-order valence-corrected chi connectivity index (χ1v) is 5.60. The van der Waals surface area contributed by atoms with Gasteiger partial charge in [-0.15, -0.1) is 0 Å². The van der Waals surface area contributed by atoms with E-state index >= 15 is 0 Å². The minimum Gasteiger partial charge on any atom is -0.495 e. The Hall–Kier alpha value is -1.03. The molecule has 0 fully saturated rings. The molecule has 1 aromatic carbocycles. The quantitative estimate of drug-likeness (QED) is 0.914. The molecule has 0 aliphatic carbocycles. The SMILES string of the molecule is CCCC(=O)Nc1ccc(Br)c(OC)c1. The van der Waals surface area contributed by atoms with E-state index < -0.39 is 0 Å². The highest BCUT2D eigenvalue weighted by atomic mass is 79.9. The number of methoxy groups -OCH3 is 1. The molecule has 1 N–H and O–H groups in total. The van der Waals surface area contributed by atoms with Crippen molar-refractivity contribution in [2.45, 2.75) is 19.8 Å². The zero-order valence-corrected chi connectivity index (χ0v) is 10.4. The number of amides is 1. The number of halogens is 1. The number of benzene rings is 1. The fourth-order valence-corrected chi connectivity index (χ4v) is 1.60. The molecule has 1 aromatic rings. The Morgan fingerprint density at radius 1 is 1.53 bits per heavy atom. The van der Waals surface area contributed by atoms with Crippen LogP contribution < -0.4 is 10.1 Å². The number of rotatable bonds is 4. The Balaban J connectivity index is 2.74. The predicted molar refractivity (Wildman–Crippen MR) is 64.2 cm³/mol. The van der Waals surface area contributed by atoms with Gasteiger partial charge in [-0.2, -0.15) is 0 Å². The molecule has 0 saturated heterocycles. The molecule has 15 heavy (non-hydrogen) atoms. The zero-order valence-electron chi connectivity index (χ0n) is 8.84. The van der Waals surface area contributed by atoms with E-state index in [1.165, 1.54) is 0 Å². The van der Waals surface area contributed by atoms with E-state index in [-0.39, 0.29) is 5.91 Å². The molecular formula is C11H14BrNO2. The normalized spacial score (nSPS) is 9.80. The van der Waals surface area contributed by atoms with Gasteiger partial charge in [0.15, 0.2) is 0 Å². The third-order valence-corrected chi connectivity index (χ3v) is 2.57. The molecule has 82 valence electrons. The fraction of sp³-hybridized carbons (Fsp3) is 0.364. The molecule has 0 aliphatic rings. The van der Waals surface area contributed by atoms with Gasteiger partial charge in [0.1, 0.15) is 5.75 Å². The maximum atomic E-state index is 11.3. The van der Waals surface area contributed by atoms with E-state index in [0.29, 0.717) is 12.2 Å². The molecule has 0 spiro atoms. The molecule has 4 heteroatoms. The first kappa shape index (κ1) is 12.0. The summed E-state index contributed by atoms with van der Waals surface area (Å²) < 4.78 is 6.00. The molecule has 0 heterocycles. The molecular weight excluding hydrogens is 258 g/mol. The Morgan fingerprint density at radius 2 is 2.27 bits per heavy atom. The summed E-state index contributed by atoms with van der Waals surface area (Å²) in [5.74, 6) is 0.742. The van der Waals surface area contributed by atoms with Crippen LogP contribution in [-0.2, 0) is 4.79 Å². The van der Waals surface area contributed by atoms with E-state index in [2.05, 4.69) is 21.2 Å². The second-order valence-electron chi connectivity index (χ2n) is 3.15. The van der Waals surface area contributed by atoms with Crippen molar-refractivity contribution in [1.82, 2.24) is 0 Å². The summed E-state index contributed by atoms with van der Waals surface area (Å²) >= 11 is 3.35. The summed E-state index contributed by atoms with van der Waals surface area (Å²) in [5, 5.41) is 2.80. The number of carbonyl (C=O) groups excluding carboxylic acids is 1. The van der Waals surface area contributed by atoms with E-state index in [0.717, 1.165) is 16.6 Å². The highest BCUT2D eigenvalue weighted by Gasteiger charge is 2.04. The van der Waals surface area contributed by atoms with Gasteiger partial charge in [0.25, 0.3) is 0 Å². The van der Waals surface area contributed by atoms with Crippen molar-refractivity contribution >= 4 is 27.5 Å². The minimum absolute atomic E-state index is 0.0295. The number of hydrogen-bond acceptors (Lipinski definition) is 2. The maximum absolute atomic E-state index is 11.3. The highest BCUT2D eigenvalue weighted by molar-refractivity contribution is 9.10. The average molecular weight is 272 g/mol. The van der Waals surface area contributed by atoms with E-state index in [4.69, 9.17) is 4.74 Å². The smallest absolute Gasteiger partial charge is 0.224 e. The predicted octanol–water partition coefficient (Wildman–Crippen LogP) is 3.20. The van der Waals surface area contributed by atoms with Crippen LogP contribution in [0.25, 0.3) is 0 Å². The Morgan fingerprint density at radius 3 is 2.87 bits per heavy atom. The molecule has 0 saturated carbocycles. The van der Waals surface area contributed by atoms with Gasteiger partial charge >= 0.3 is 0 Å². The van der Waals surface area contributed by atoms with Crippen molar-refractivity contribution < 1.29 is 9.53 Å². The van der Waals surface area contributed by atoms with Crippen LogP contribution in [0.1, 0.15) is 19.8 Å². The van der Waals surface area contributed by atoms with Gasteiger partial charge in [-0.1, -0.05) is 6.92 Å². The maximum Gasteiger partial charge on any atom is 0.224 e. The topological polar surface area (TPSA) is 38.3 Å². The van der Waals surface area contributed by atoms with E-state index in [1.54, 1.807) is 13.2 Å². The lowest BCUT2D eigenvalue weighted by Crippen LogP contribution is -2.10. The average Bonchev–Trinajstić information content (AvgIpc) is 2.21. The van der Waals surface area contributed by atoms with E-state index in [1.807, 2.05) is 19.1 Å². The first-order valence-electron chi connectivity index (χ1n) is 4.80. The molecule has 1 rings (SSSR count). The summed E-state index contributed by atoms with van der Waals surface area (Å²) in [5.41, 5.74) is 0.758. The van der Waals surface area contributed by atoms with Crippen molar-refractivity contribution in [3.63, 3.8) is 0 Å². The van der Waals surface area contributed by atoms with Crippen LogP contribution in [-0.4, -0.2) is 13.0 Å². The Kier molecular flexibility index (Phi) is 4.62. The van der Waals surface area contributed by atoms with Gasteiger partial charge in [-0.3, -0.25) is 4.79 Å². The lowest BCUT2D eigenvalue weighted by Gasteiger charge is -2.07. The number of nitrogens with one attached hydrogen (secondary N) is 1. The summed E-state index contributed by atoms with van der Waals surface area (Å²) in [7, 11) is 1.59. The summed E-state index contributed by atoms with van der Waals surface area (Å²) in [6, 6.07) is 5.47. The van der Waals surface area contributed by atoms with Gasteiger partial charge < -0.3 is 10.1 Å². The van der Waals surface area contributed by atoms with Crippen LogP contribution >= 0.6 is 15.9 Å². The van der Waals surface area contributed by atoms with Crippen molar-refractivity contribution in [3.8, 4) is 5.75 Å². The van der Waals surface area contributed by atoms with Gasteiger partial charge in [-0.05, 0) is 34.5 Å². The van der Waals surface area contributed by atoms with E-state index in [9.17, 15) is 4.79 Å². The van der Waals surface area contributed by atoms with Crippen molar-refractivity contribution in [3.05, 3.63) is 22.7 Å². The second-order valence-corrected chi connectivity index (χ2v) is 4.00. The molecule has 0 radical (unpaired) electrons. The third-order valence-electron chi connectivity index (χ3n) is 1.91. The summed E-state index contributed by atoms with van der Waals surface area (Å²) in [4.78, 5) is 11.3. The number of hydrogen-bond donors (Lipinski definition) is 1. The largest absolute Gasteiger partial charge is 0.495 e. The second kappa shape index (κ2) is 5.75. The third kappa shape index (κ3) is 3.55. The Bertz CT molecular complexity index is 352. The van der Waals surface area contributed by atoms with Crippen LogP contribution in [0.3, 0.4) is 0 Å². The molecule has 0 atom stereocenters. The fourth-order valence-electron chi connectivity index (χ4n) is 1.19. The summed E-state index contributed by atoms with van der Waals surface area (Å²) in [6.07, 6.45) is 1.39. The molecule has 3 nitrogen and oxygen atoms in total. The molecule has 1 amide bonds. The molecule has 0 aromatic heterocycles. The van der Waals surface area contributed by atoms with Gasteiger partial charge in [0, 0.05) is 18.2 Å². The zero-order chi connectivity index (χ0) is 11.3. The van der Waals surface area contributed by atoms with Gasteiger partial charge in [0.2, 0.25) is 5.91 Å². The van der Waals surface area contributed by atoms with Crippen LogP contribution in [0.2, 0.25) is 0 Å². The minimum atomic E-state index is 0.0295. The van der Waals surface area contributed by atoms with Crippen molar-refractivity contribution in [2.24, 2.45) is 0 Å². The summed E-state index contributed by atoms with van der Waals surface area (Å²) in [6.45, 7) is 1.97. The number of ether oxygens (including phenoxy) is 1. The van der Waals surface area contributed by atoms with Crippen LogP contribution in [0.15, 0.2) is 22.7 Å². The number of anilines is 1. The Labute approximate surface area is 97.9 Å². The first-order chi connectivity index (χ1) is 7.17. The van der Waals surface area contributed by atoms with Crippen LogP contribution in [0.5, 0.6) is 5.75 Å².